The molecule has 6 heteroatoms. The molecule has 0 amide bonds. The van der Waals surface area contributed by atoms with Crippen LogP contribution in [0.15, 0.2) is 18.2 Å². The van der Waals surface area contributed by atoms with Gasteiger partial charge in [0.1, 0.15) is 0 Å². The normalized spacial score (nSPS) is 26.8. The quantitative estimate of drug-likeness (QED) is 0.636. The first-order chi connectivity index (χ1) is 10.0. The molecule has 2 atom stereocenters. The van der Waals surface area contributed by atoms with Crippen LogP contribution in [-0.4, -0.2) is 46.9 Å². The van der Waals surface area contributed by atoms with E-state index in [1.807, 2.05) is 0 Å². The molecule has 21 heavy (non-hydrogen) atoms. The van der Waals surface area contributed by atoms with E-state index in [1.54, 1.807) is 12.1 Å². The largest absolute Gasteiger partial charge is 0.299 e. The molecule has 0 spiro atoms. The molecule has 0 N–H and O–H groups in total. The minimum absolute atomic E-state index is 0.114. The third-order valence-electron chi connectivity index (χ3n) is 4.87. The van der Waals surface area contributed by atoms with Gasteiger partial charge in [-0.2, -0.15) is 0 Å². The molecule has 0 aliphatic carbocycles. The number of nitro groups is 1. The molecule has 1 aromatic carbocycles. The van der Waals surface area contributed by atoms with Crippen molar-refractivity contribution >= 4 is 17.3 Å². The number of halogens is 1. The lowest BCUT2D eigenvalue weighted by molar-refractivity contribution is -0.384. The van der Waals surface area contributed by atoms with Gasteiger partial charge in [-0.05, 0) is 37.9 Å². The van der Waals surface area contributed by atoms with E-state index in [9.17, 15) is 10.1 Å². The molecule has 0 saturated carbocycles. The molecular formula is C15H20ClN3O2. The summed E-state index contributed by atoms with van der Waals surface area (Å²) in [6, 6.07) is 6.00. The van der Waals surface area contributed by atoms with E-state index in [2.05, 4.69) is 16.8 Å². The number of likely N-dealkylation sites (tertiary alicyclic amines) is 1. The zero-order chi connectivity index (χ0) is 15.0. The molecule has 1 aromatic rings. The van der Waals surface area contributed by atoms with Crippen molar-refractivity contribution < 1.29 is 4.92 Å². The molecular weight excluding hydrogens is 290 g/mol. The highest BCUT2D eigenvalue weighted by atomic mass is 35.5. The second-order valence-electron chi connectivity index (χ2n) is 6.11. The Hall–Kier alpha value is -1.17. The minimum Gasteiger partial charge on any atom is -0.299 e. The number of hydrogen-bond donors (Lipinski definition) is 0. The van der Waals surface area contributed by atoms with Gasteiger partial charge in [-0.25, -0.2) is 0 Å². The zero-order valence-electron chi connectivity index (χ0n) is 12.2. The summed E-state index contributed by atoms with van der Waals surface area (Å²) in [6.45, 7) is 2.74. The molecule has 2 unspecified atom stereocenters. The van der Waals surface area contributed by atoms with Crippen molar-refractivity contribution in [1.29, 1.82) is 0 Å². The molecule has 2 fully saturated rings. The third kappa shape index (κ3) is 3.05. The number of hydrogen-bond acceptors (Lipinski definition) is 4. The summed E-state index contributed by atoms with van der Waals surface area (Å²) in [5, 5.41) is 11.5. The van der Waals surface area contributed by atoms with Crippen molar-refractivity contribution in [2.75, 3.05) is 20.1 Å². The molecule has 2 saturated heterocycles. The lowest BCUT2D eigenvalue weighted by Gasteiger charge is -2.25. The Bertz CT molecular complexity index is 552. The molecule has 5 nitrogen and oxygen atoms in total. The number of fused-ring (bicyclic) bond motifs is 2. The summed E-state index contributed by atoms with van der Waals surface area (Å²) < 4.78 is 0. The minimum atomic E-state index is -0.363. The monoisotopic (exact) mass is 309 g/mol. The third-order valence-corrected chi connectivity index (χ3v) is 5.24. The van der Waals surface area contributed by atoms with E-state index < -0.39 is 0 Å². The van der Waals surface area contributed by atoms with Crippen LogP contribution in [0.4, 0.5) is 5.69 Å². The molecule has 2 aliphatic rings. The Labute approximate surface area is 129 Å². The number of non-ortho nitro benzene ring substituents is 1. The van der Waals surface area contributed by atoms with Gasteiger partial charge < -0.3 is 0 Å². The van der Waals surface area contributed by atoms with Crippen LogP contribution in [0.3, 0.4) is 0 Å². The number of nitrogens with zero attached hydrogens (tertiary/aromatic N) is 3. The summed E-state index contributed by atoms with van der Waals surface area (Å²) in [6.07, 6.45) is 3.71. The second-order valence-corrected chi connectivity index (χ2v) is 6.51. The Morgan fingerprint density at radius 1 is 1.33 bits per heavy atom. The molecule has 2 aliphatic heterocycles. The van der Waals surface area contributed by atoms with Gasteiger partial charge in [0, 0.05) is 48.9 Å². The van der Waals surface area contributed by atoms with Crippen LogP contribution in [0.2, 0.25) is 5.02 Å². The van der Waals surface area contributed by atoms with Crippen LogP contribution in [-0.2, 0) is 6.54 Å². The zero-order valence-corrected chi connectivity index (χ0v) is 12.9. The van der Waals surface area contributed by atoms with Crippen LogP contribution in [0, 0.1) is 10.1 Å². The van der Waals surface area contributed by atoms with Gasteiger partial charge in [0.05, 0.1) is 4.92 Å². The highest BCUT2D eigenvalue weighted by Crippen LogP contribution is 2.30. The fourth-order valence-electron chi connectivity index (χ4n) is 3.56. The molecule has 2 bridgehead atoms. The van der Waals surface area contributed by atoms with Crippen molar-refractivity contribution in [2.45, 2.75) is 37.9 Å². The summed E-state index contributed by atoms with van der Waals surface area (Å²) in [7, 11) is 2.21. The van der Waals surface area contributed by atoms with Crippen molar-refractivity contribution in [1.82, 2.24) is 9.80 Å². The van der Waals surface area contributed by atoms with E-state index in [1.165, 1.54) is 25.3 Å². The van der Waals surface area contributed by atoms with Crippen molar-refractivity contribution in [3.05, 3.63) is 38.9 Å². The van der Waals surface area contributed by atoms with E-state index in [0.29, 0.717) is 23.7 Å². The van der Waals surface area contributed by atoms with E-state index >= 15 is 0 Å². The van der Waals surface area contributed by atoms with Crippen molar-refractivity contribution in [2.24, 2.45) is 0 Å². The standard InChI is InChI=1S/C15H20ClN3O2/c1-17-12-2-3-14(17)10-18(7-6-12)9-11-8-13(19(20)21)4-5-15(11)16/h4-5,8,12,14H,2-3,6-7,9-10H2,1H3. The summed E-state index contributed by atoms with van der Waals surface area (Å²) in [4.78, 5) is 15.4. The molecule has 3 rings (SSSR count). The van der Waals surface area contributed by atoms with Gasteiger partial charge >= 0.3 is 0 Å². The van der Waals surface area contributed by atoms with Crippen LogP contribution in [0.5, 0.6) is 0 Å². The van der Waals surface area contributed by atoms with Gasteiger partial charge in [0.25, 0.3) is 5.69 Å². The maximum atomic E-state index is 10.9. The van der Waals surface area contributed by atoms with Crippen LogP contribution >= 0.6 is 11.6 Å². The van der Waals surface area contributed by atoms with Crippen molar-refractivity contribution in [3.8, 4) is 0 Å². The van der Waals surface area contributed by atoms with Crippen LogP contribution in [0.25, 0.3) is 0 Å². The van der Waals surface area contributed by atoms with Crippen LogP contribution in [0.1, 0.15) is 24.8 Å². The van der Waals surface area contributed by atoms with Crippen molar-refractivity contribution in [3.63, 3.8) is 0 Å². The molecule has 2 heterocycles. The summed E-state index contributed by atoms with van der Waals surface area (Å²) in [5.74, 6) is 0. The van der Waals surface area contributed by atoms with E-state index in [4.69, 9.17) is 11.6 Å². The fourth-order valence-corrected chi connectivity index (χ4v) is 3.74. The highest BCUT2D eigenvalue weighted by Gasteiger charge is 2.34. The Morgan fingerprint density at radius 2 is 2.10 bits per heavy atom. The number of benzene rings is 1. The Balaban J connectivity index is 1.74. The van der Waals surface area contributed by atoms with Gasteiger partial charge in [-0.1, -0.05) is 11.6 Å². The molecule has 0 radical (unpaired) electrons. The second kappa shape index (κ2) is 5.91. The number of likely N-dealkylation sites (N-methyl/N-ethyl adjacent to an activating group) is 1. The van der Waals surface area contributed by atoms with Gasteiger partial charge in [0.15, 0.2) is 0 Å². The molecule has 0 aromatic heterocycles. The van der Waals surface area contributed by atoms with E-state index in [0.717, 1.165) is 18.7 Å². The smallest absolute Gasteiger partial charge is 0.269 e. The SMILES string of the molecule is CN1C2CCC1CN(Cc1cc([N+](=O)[O-])ccc1Cl)CC2. The predicted octanol–water partition coefficient (Wildman–Crippen LogP) is 2.92. The number of rotatable bonds is 3. The van der Waals surface area contributed by atoms with Gasteiger partial charge in [-0.3, -0.25) is 19.9 Å². The first-order valence-corrected chi connectivity index (χ1v) is 7.79. The lowest BCUT2D eigenvalue weighted by Crippen LogP contribution is -2.36. The topological polar surface area (TPSA) is 49.6 Å². The predicted molar refractivity (Wildman–Crippen MR) is 82.6 cm³/mol. The lowest BCUT2D eigenvalue weighted by atomic mass is 10.1. The van der Waals surface area contributed by atoms with Gasteiger partial charge in [-0.15, -0.1) is 0 Å². The maximum Gasteiger partial charge on any atom is 0.269 e. The summed E-state index contributed by atoms with van der Waals surface area (Å²) in [5.41, 5.74) is 0.967. The molecule has 114 valence electrons. The van der Waals surface area contributed by atoms with E-state index in [-0.39, 0.29) is 10.6 Å². The number of nitro benzene ring substituents is 1. The van der Waals surface area contributed by atoms with Gasteiger partial charge in [0.2, 0.25) is 0 Å². The van der Waals surface area contributed by atoms with Crippen LogP contribution < -0.4 is 0 Å². The maximum absolute atomic E-state index is 10.9. The summed E-state index contributed by atoms with van der Waals surface area (Å²) >= 11 is 6.21. The fraction of sp³-hybridized carbons (Fsp3) is 0.600. The first kappa shape index (κ1) is 14.8. The Kier molecular flexibility index (Phi) is 4.15. The average molecular weight is 310 g/mol. The first-order valence-electron chi connectivity index (χ1n) is 7.41. The average Bonchev–Trinajstić information content (AvgIpc) is 2.69. The Morgan fingerprint density at radius 3 is 2.86 bits per heavy atom. The highest BCUT2D eigenvalue weighted by molar-refractivity contribution is 6.31.